The van der Waals surface area contributed by atoms with Gasteiger partial charge in [0.2, 0.25) is 11.8 Å². The number of thiazole rings is 1. The van der Waals surface area contributed by atoms with E-state index in [0.29, 0.717) is 35.2 Å². The predicted octanol–water partition coefficient (Wildman–Crippen LogP) is 3.84. The summed E-state index contributed by atoms with van der Waals surface area (Å²) in [5.41, 5.74) is 1.64. The molecule has 2 heterocycles. The zero-order valence-electron chi connectivity index (χ0n) is 16.4. The van der Waals surface area contributed by atoms with Crippen molar-refractivity contribution in [3.05, 3.63) is 71.0 Å². The average Bonchev–Trinajstić information content (AvgIpc) is 3.38. The fourth-order valence-electron chi connectivity index (χ4n) is 3.23. The monoisotopic (exact) mass is 438 g/mol. The summed E-state index contributed by atoms with van der Waals surface area (Å²) in [6, 6.07) is 12.0. The average molecular weight is 438 g/mol. The van der Waals surface area contributed by atoms with E-state index in [1.807, 2.05) is 0 Å². The SMILES string of the molecule is O=C(Cc1csc(N2CCCC2=O)n1)Nc1ccccc1C(=O)Nc1ccc(F)cc1. The molecule has 2 aromatic carbocycles. The first-order valence-electron chi connectivity index (χ1n) is 9.70. The number of carbonyl (C=O) groups is 3. The van der Waals surface area contributed by atoms with E-state index in [2.05, 4.69) is 15.6 Å². The lowest BCUT2D eigenvalue weighted by Gasteiger charge is -2.11. The second-order valence-corrected chi connectivity index (χ2v) is 7.84. The minimum atomic E-state index is -0.425. The minimum absolute atomic E-state index is 0.0203. The topological polar surface area (TPSA) is 91.4 Å². The van der Waals surface area contributed by atoms with E-state index >= 15 is 0 Å². The third-order valence-corrected chi connectivity index (χ3v) is 5.65. The van der Waals surface area contributed by atoms with Gasteiger partial charge in [0.25, 0.3) is 5.91 Å². The van der Waals surface area contributed by atoms with Gasteiger partial charge in [0.15, 0.2) is 5.13 Å². The Morgan fingerprint density at radius 1 is 1.10 bits per heavy atom. The highest BCUT2D eigenvalue weighted by Gasteiger charge is 2.24. The summed E-state index contributed by atoms with van der Waals surface area (Å²) < 4.78 is 13.1. The van der Waals surface area contributed by atoms with Crippen LogP contribution in [-0.4, -0.2) is 29.3 Å². The maximum absolute atomic E-state index is 13.1. The van der Waals surface area contributed by atoms with Gasteiger partial charge in [0.05, 0.1) is 23.4 Å². The Morgan fingerprint density at radius 3 is 2.61 bits per heavy atom. The van der Waals surface area contributed by atoms with Crippen LogP contribution in [0.2, 0.25) is 0 Å². The molecular formula is C22H19FN4O3S. The highest BCUT2D eigenvalue weighted by Crippen LogP contribution is 2.26. The van der Waals surface area contributed by atoms with Crippen molar-refractivity contribution in [2.45, 2.75) is 19.3 Å². The van der Waals surface area contributed by atoms with Gasteiger partial charge in [-0.25, -0.2) is 9.37 Å². The number of aromatic nitrogens is 1. The van der Waals surface area contributed by atoms with Crippen LogP contribution in [-0.2, 0) is 16.0 Å². The van der Waals surface area contributed by atoms with Crippen LogP contribution in [0.3, 0.4) is 0 Å². The van der Waals surface area contributed by atoms with Gasteiger partial charge in [-0.3, -0.25) is 19.3 Å². The van der Waals surface area contributed by atoms with Gasteiger partial charge < -0.3 is 10.6 Å². The molecule has 158 valence electrons. The number of nitrogens with zero attached hydrogens (tertiary/aromatic N) is 2. The molecule has 9 heteroatoms. The lowest BCUT2D eigenvalue weighted by molar-refractivity contribution is -0.117. The smallest absolute Gasteiger partial charge is 0.257 e. The molecule has 2 N–H and O–H groups in total. The number of hydrogen-bond acceptors (Lipinski definition) is 5. The van der Waals surface area contributed by atoms with Gasteiger partial charge in [-0.05, 0) is 42.8 Å². The van der Waals surface area contributed by atoms with Crippen molar-refractivity contribution in [1.82, 2.24) is 4.98 Å². The molecule has 1 aliphatic rings. The van der Waals surface area contributed by atoms with Crippen molar-refractivity contribution in [2.24, 2.45) is 0 Å². The highest BCUT2D eigenvalue weighted by molar-refractivity contribution is 7.14. The van der Waals surface area contributed by atoms with E-state index in [-0.39, 0.29) is 23.8 Å². The normalized spacial score (nSPS) is 13.3. The van der Waals surface area contributed by atoms with E-state index in [0.717, 1.165) is 6.42 Å². The molecule has 4 rings (SSSR count). The van der Waals surface area contributed by atoms with Crippen molar-refractivity contribution >= 4 is 45.6 Å². The van der Waals surface area contributed by atoms with E-state index in [9.17, 15) is 18.8 Å². The molecule has 0 unspecified atom stereocenters. The van der Waals surface area contributed by atoms with E-state index in [1.165, 1.54) is 35.6 Å². The molecule has 1 saturated heterocycles. The van der Waals surface area contributed by atoms with Gasteiger partial charge in [0, 0.05) is 24.0 Å². The van der Waals surface area contributed by atoms with Crippen LogP contribution in [0.5, 0.6) is 0 Å². The zero-order chi connectivity index (χ0) is 21.8. The van der Waals surface area contributed by atoms with Crippen LogP contribution in [0.25, 0.3) is 0 Å². The standard InChI is InChI=1S/C22H19FN4O3S/c23-14-7-9-15(10-8-14)24-21(30)17-4-1-2-5-18(17)26-19(28)12-16-13-31-22(25-16)27-11-3-6-20(27)29/h1-2,4-5,7-10,13H,3,6,11-12H2,(H,24,30)(H,26,28). The molecule has 3 amide bonds. The molecular weight excluding hydrogens is 419 g/mol. The molecule has 7 nitrogen and oxygen atoms in total. The molecule has 0 radical (unpaired) electrons. The Kier molecular flexibility index (Phi) is 6.03. The van der Waals surface area contributed by atoms with E-state index < -0.39 is 11.7 Å². The molecule has 0 spiro atoms. The summed E-state index contributed by atoms with van der Waals surface area (Å²) in [6.45, 7) is 0.647. The number of amides is 3. The van der Waals surface area contributed by atoms with Crippen LogP contribution in [0.1, 0.15) is 28.9 Å². The number of nitrogens with one attached hydrogen (secondary N) is 2. The third kappa shape index (κ3) is 4.95. The van der Waals surface area contributed by atoms with Gasteiger partial charge in [0.1, 0.15) is 5.82 Å². The quantitative estimate of drug-likeness (QED) is 0.612. The Morgan fingerprint density at radius 2 is 1.87 bits per heavy atom. The summed E-state index contributed by atoms with van der Waals surface area (Å²) in [5.74, 6) is -1.10. The highest BCUT2D eigenvalue weighted by atomic mass is 32.1. The Balaban J connectivity index is 1.42. The van der Waals surface area contributed by atoms with Gasteiger partial charge in [-0.2, -0.15) is 0 Å². The largest absolute Gasteiger partial charge is 0.325 e. The van der Waals surface area contributed by atoms with Crippen molar-refractivity contribution < 1.29 is 18.8 Å². The van der Waals surface area contributed by atoms with Gasteiger partial charge in [-0.15, -0.1) is 11.3 Å². The number of anilines is 3. The van der Waals surface area contributed by atoms with E-state index in [1.54, 1.807) is 34.5 Å². The first kappa shape index (κ1) is 20.7. The summed E-state index contributed by atoms with van der Waals surface area (Å²) in [6.07, 6.45) is 1.35. The molecule has 1 fully saturated rings. The number of rotatable bonds is 6. The molecule has 31 heavy (non-hydrogen) atoms. The number of benzene rings is 2. The maximum atomic E-state index is 13.1. The molecule has 3 aromatic rings. The number of halogens is 1. The van der Waals surface area contributed by atoms with Crippen LogP contribution in [0.15, 0.2) is 53.9 Å². The van der Waals surface area contributed by atoms with Gasteiger partial charge >= 0.3 is 0 Å². The van der Waals surface area contributed by atoms with E-state index in [4.69, 9.17) is 0 Å². The van der Waals surface area contributed by atoms with Crippen LogP contribution in [0.4, 0.5) is 20.9 Å². The van der Waals surface area contributed by atoms with Crippen molar-refractivity contribution in [2.75, 3.05) is 22.1 Å². The number of carbonyl (C=O) groups excluding carboxylic acids is 3. The van der Waals surface area contributed by atoms with Crippen molar-refractivity contribution in [3.63, 3.8) is 0 Å². The van der Waals surface area contributed by atoms with Crippen molar-refractivity contribution in [1.29, 1.82) is 0 Å². The second-order valence-electron chi connectivity index (χ2n) is 7.00. The molecule has 1 aromatic heterocycles. The fraction of sp³-hybridized carbons (Fsp3) is 0.182. The predicted molar refractivity (Wildman–Crippen MR) is 117 cm³/mol. The van der Waals surface area contributed by atoms with Crippen LogP contribution >= 0.6 is 11.3 Å². The third-order valence-electron chi connectivity index (χ3n) is 4.73. The molecule has 0 bridgehead atoms. The minimum Gasteiger partial charge on any atom is -0.325 e. The lowest BCUT2D eigenvalue weighted by atomic mass is 10.1. The Hall–Kier alpha value is -3.59. The van der Waals surface area contributed by atoms with Crippen molar-refractivity contribution in [3.8, 4) is 0 Å². The number of hydrogen-bond donors (Lipinski definition) is 2. The molecule has 0 aliphatic carbocycles. The Labute approximate surface area is 181 Å². The number of para-hydroxylation sites is 1. The summed E-state index contributed by atoms with van der Waals surface area (Å²) in [4.78, 5) is 43.1. The fourth-order valence-corrected chi connectivity index (χ4v) is 4.10. The molecule has 0 saturated carbocycles. The van der Waals surface area contributed by atoms with Gasteiger partial charge in [-0.1, -0.05) is 12.1 Å². The zero-order valence-corrected chi connectivity index (χ0v) is 17.2. The summed E-state index contributed by atoms with van der Waals surface area (Å²) >= 11 is 1.33. The summed E-state index contributed by atoms with van der Waals surface area (Å²) in [7, 11) is 0. The molecule has 1 aliphatic heterocycles. The summed E-state index contributed by atoms with van der Waals surface area (Å²) in [5, 5.41) is 7.79. The van der Waals surface area contributed by atoms with Crippen LogP contribution in [0, 0.1) is 5.82 Å². The molecule has 0 atom stereocenters. The maximum Gasteiger partial charge on any atom is 0.257 e. The first-order chi connectivity index (χ1) is 15.0. The Bertz CT molecular complexity index is 1130. The van der Waals surface area contributed by atoms with Crippen LogP contribution < -0.4 is 15.5 Å². The lowest BCUT2D eigenvalue weighted by Crippen LogP contribution is -2.23. The second kappa shape index (κ2) is 9.05. The first-order valence-corrected chi connectivity index (χ1v) is 10.6.